The van der Waals surface area contributed by atoms with Crippen LogP contribution in [0.25, 0.3) is 11.4 Å². The lowest BCUT2D eigenvalue weighted by Crippen LogP contribution is -2.15. The Morgan fingerprint density at radius 3 is 2.69 bits per heavy atom. The summed E-state index contributed by atoms with van der Waals surface area (Å²) in [5, 5.41) is 12.0. The highest BCUT2D eigenvalue weighted by Gasteiger charge is 2.38. The van der Waals surface area contributed by atoms with E-state index in [0.717, 1.165) is 12.5 Å². The molecule has 2 atom stereocenters. The first-order chi connectivity index (χ1) is 13.8. The van der Waals surface area contributed by atoms with E-state index >= 15 is 0 Å². The fourth-order valence-electron chi connectivity index (χ4n) is 3.23. The van der Waals surface area contributed by atoms with E-state index in [9.17, 15) is 12.8 Å². The van der Waals surface area contributed by atoms with Crippen LogP contribution in [0.3, 0.4) is 0 Å². The maximum absolute atomic E-state index is 14.0. The lowest BCUT2D eigenvalue weighted by molar-refractivity contribution is 0.385. The fourth-order valence-corrected chi connectivity index (χ4v) is 4.40. The molecule has 152 valence electrons. The van der Waals surface area contributed by atoms with Gasteiger partial charge in [-0.15, -0.1) is 5.10 Å². The number of halogens is 1. The van der Waals surface area contributed by atoms with Gasteiger partial charge in [-0.3, -0.25) is 4.72 Å². The largest absolute Gasteiger partial charge is 0.494 e. The third-order valence-corrected chi connectivity index (χ3v) is 6.41. The normalized spacial score (nSPS) is 18.5. The van der Waals surface area contributed by atoms with Crippen molar-refractivity contribution >= 4 is 15.7 Å². The number of anilines is 1. The van der Waals surface area contributed by atoms with E-state index in [1.54, 1.807) is 23.7 Å². The molecule has 29 heavy (non-hydrogen) atoms. The van der Waals surface area contributed by atoms with Gasteiger partial charge >= 0.3 is 0 Å². The second-order valence-corrected chi connectivity index (χ2v) is 8.81. The molecule has 1 aliphatic carbocycles. The predicted molar refractivity (Wildman–Crippen MR) is 105 cm³/mol. The van der Waals surface area contributed by atoms with Gasteiger partial charge in [-0.25, -0.2) is 17.5 Å². The molecule has 0 radical (unpaired) electrons. The monoisotopic (exact) mass is 417 g/mol. The zero-order valence-electron chi connectivity index (χ0n) is 16.1. The fraction of sp³-hybridized carbons (Fsp3) is 0.316. The lowest BCUT2D eigenvalue weighted by Gasteiger charge is -2.15. The Hall–Kier alpha value is -3.01. The van der Waals surface area contributed by atoms with Crippen molar-refractivity contribution in [3.63, 3.8) is 0 Å². The minimum atomic E-state index is -4.05. The molecular formula is C19H20FN5O3S. The van der Waals surface area contributed by atoms with Gasteiger partial charge in [-0.1, -0.05) is 19.1 Å². The molecule has 0 spiro atoms. The molecule has 10 heteroatoms. The number of aromatic nitrogens is 4. The van der Waals surface area contributed by atoms with Gasteiger partial charge in [-0.05, 0) is 59.5 Å². The molecule has 0 aliphatic heterocycles. The Labute approximate surface area is 167 Å². The second-order valence-electron chi connectivity index (χ2n) is 7.13. The maximum Gasteiger partial charge on any atom is 0.262 e. The van der Waals surface area contributed by atoms with Crippen molar-refractivity contribution in [1.29, 1.82) is 0 Å². The minimum Gasteiger partial charge on any atom is -0.494 e. The average Bonchev–Trinajstić information content (AvgIpc) is 3.21. The second kappa shape index (κ2) is 7.11. The summed E-state index contributed by atoms with van der Waals surface area (Å²) in [5.74, 6) is 0.163. The van der Waals surface area contributed by atoms with E-state index in [-0.39, 0.29) is 16.7 Å². The first-order valence-corrected chi connectivity index (χ1v) is 10.5. The Kier molecular flexibility index (Phi) is 4.73. The van der Waals surface area contributed by atoms with Crippen LogP contribution in [0.1, 0.15) is 24.9 Å². The first kappa shape index (κ1) is 19.3. The molecule has 0 saturated heterocycles. The molecule has 0 unspecified atom stereocenters. The molecular weight excluding hydrogens is 397 g/mol. The summed E-state index contributed by atoms with van der Waals surface area (Å²) in [7, 11) is -2.73. The standard InChI is InChI=1S/C19H20FN5O3S/c1-11-5-4-6-14(19-21-23-24-25(19)16-9-12(16)2)18(11)22-29(26,27)13-7-8-17(28-3)15(20)10-13/h4-8,10,12,16,22H,9H2,1-3H3/t12-,16-/m1/s1. The molecule has 1 fully saturated rings. The predicted octanol–water partition coefficient (Wildman–Crippen LogP) is 3.18. The Morgan fingerprint density at radius 2 is 2.03 bits per heavy atom. The molecule has 1 aliphatic rings. The van der Waals surface area contributed by atoms with Gasteiger partial charge in [0.1, 0.15) is 0 Å². The van der Waals surface area contributed by atoms with Gasteiger partial charge in [0.2, 0.25) is 0 Å². The summed E-state index contributed by atoms with van der Waals surface area (Å²) in [6.45, 7) is 3.89. The van der Waals surface area contributed by atoms with Crippen molar-refractivity contribution < 1.29 is 17.5 Å². The van der Waals surface area contributed by atoms with Gasteiger partial charge in [-0.2, -0.15) is 0 Å². The van der Waals surface area contributed by atoms with E-state index < -0.39 is 15.8 Å². The van der Waals surface area contributed by atoms with Crippen molar-refractivity contribution in [3.8, 4) is 17.1 Å². The smallest absolute Gasteiger partial charge is 0.262 e. The number of rotatable bonds is 6. The summed E-state index contributed by atoms with van der Waals surface area (Å²) < 4.78 is 49.1. The van der Waals surface area contributed by atoms with Crippen LogP contribution >= 0.6 is 0 Å². The van der Waals surface area contributed by atoms with Crippen molar-refractivity contribution in [2.45, 2.75) is 31.2 Å². The zero-order chi connectivity index (χ0) is 20.8. The first-order valence-electron chi connectivity index (χ1n) is 9.06. The number of para-hydroxylation sites is 1. The summed E-state index contributed by atoms with van der Waals surface area (Å²) in [6, 6.07) is 9.04. The highest BCUT2D eigenvalue weighted by Crippen LogP contribution is 2.44. The molecule has 1 heterocycles. The summed E-state index contributed by atoms with van der Waals surface area (Å²) >= 11 is 0. The van der Waals surface area contributed by atoms with Crippen molar-refractivity contribution in [2.75, 3.05) is 11.8 Å². The molecule has 0 bridgehead atoms. The Bertz CT molecular complexity index is 1180. The highest BCUT2D eigenvalue weighted by atomic mass is 32.2. The van der Waals surface area contributed by atoms with Gasteiger partial charge in [0.25, 0.3) is 10.0 Å². The number of ether oxygens (including phenoxy) is 1. The average molecular weight is 417 g/mol. The topological polar surface area (TPSA) is 99.0 Å². The molecule has 8 nitrogen and oxygen atoms in total. The Morgan fingerprint density at radius 1 is 1.28 bits per heavy atom. The number of hydrogen-bond acceptors (Lipinski definition) is 6. The third kappa shape index (κ3) is 3.55. The SMILES string of the molecule is COc1ccc(S(=O)(=O)Nc2c(C)cccc2-c2nnnn2[C@@H]2C[C@H]2C)cc1F. The quantitative estimate of drug-likeness (QED) is 0.661. The van der Waals surface area contributed by atoms with Crippen LogP contribution in [0.4, 0.5) is 10.1 Å². The zero-order valence-corrected chi connectivity index (χ0v) is 16.9. The van der Waals surface area contributed by atoms with Gasteiger partial charge < -0.3 is 4.74 Å². The van der Waals surface area contributed by atoms with Crippen molar-refractivity contribution in [3.05, 3.63) is 47.8 Å². The van der Waals surface area contributed by atoms with E-state index in [2.05, 4.69) is 27.2 Å². The number of benzene rings is 2. The maximum atomic E-state index is 14.0. The van der Waals surface area contributed by atoms with Crippen LogP contribution in [0.5, 0.6) is 5.75 Å². The summed E-state index contributed by atoms with van der Waals surface area (Å²) in [4.78, 5) is -0.208. The van der Waals surface area contributed by atoms with E-state index in [1.165, 1.54) is 19.2 Å². The molecule has 3 aromatic rings. The molecule has 0 amide bonds. The third-order valence-electron chi connectivity index (χ3n) is 5.06. The number of sulfonamides is 1. The van der Waals surface area contributed by atoms with Crippen LogP contribution in [0.15, 0.2) is 41.3 Å². The molecule has 1 saturated carbocycles. The lowest BCUT2D eigenvalue weighted by atomic mass is 10.1. The molecule has 1 aromatic heterocycles. The molecule has 2 aromatic carbocycles. The highest BCUT2D eigenvalue weighted by molar-refractivity contribution is 7.92. The van der Waals surface area contributed by atoms with Crippen LogP contribution in [-0.2, 0) is 10.0 Å². The van der Waals surface area contributed by atoms with Gasteiger partial charge in [0, 0.05) is 5.56 Å². The number of methoxy groups -OCH3 is 1. The summed E-state index contributed by atoms with van der Waals surface area (Å²) in [5.41, 5.74) is 1.61. The van der Waals surface area contributed by atoms with Gasteiger partial charge in [0.05, 0.1) is 23.7 Å². The number of nitrogens with zero attached hydrogens (tertiary/aromatic N) is 4. The number of aryl methyl sites for hydroxylation is 1. The van der Waals surface area contributed by atoms with E-state index in [0.29, 0.717) is 28.6 Å². The van der Waals surface area contributed by atoms with Crippen LogP contribution in [0, 0.1) is 18.7 Å². The van der Waals surface area contributed by atoms with E-state index in [1.807, 2.05) is 6.07 Å². The van der Waals surface area contributed by atoms with Gasteiger partial charge in [0.15, 0.2) is 17.4 Å². The van der Waals surface area contributed by atoms with Crippen LogP contribution < -0.4 is 9.46 Å². The van der Waals surface area contributed by atoms with E-state index in [4.69, 9.17) is 4.74 Å². The summed E-state index contributed by atoms with van der Waals surface area (Å²) in [6.07, 6.45) is 0.968. The molecule has 1 N–H and O–H groups in total. The van der Waals surface area contributed by atoms with Crippen LogP contribution in [0.2, 0.25) is 0 Å². The van der Waals surface area contributed by atoms with Crippen molar-refractivity contribution in [1.82, 2.24) is 20.2 Å². The Balaban J connectivity index is 1.75. The minimum absolute atomic E-state index is 0.0294. The molecule has 4 rings (SSSR count). The van der Waals surface area contributed by atoms with Crippen LogP contribution in [-0.4, -0.2) is 35.7 Å². The van der Waals surface area contributed by atoms with Crippen molar-refractivity contribution in [2.24, 2.45) is 5.92 Å². The number of tetrazole rings is 1. The number of hydrogen-bond donors (Lipinski definition) is 1. The number of nitrogens with one attached hydrogen (secondary N) is 1.